The summed E-state index contributed by atoms with van der Waals surface area (Å²) < 4.78 is 0. The third-order valence-electron chi connectivity index (χ3n) is 3.73. The Labute approximate surface area is 96.7 Å². The Hall–Kier alpha value is -0.960. The first-order valence-electron chi connectivity index (χ1n) is 6.46. The summed E-state index contributed by atoms with van der Waals surface area (Å²) in [5.41, 5.74) is 2.69. The highest BCUT2D eigenvalue weighted by molar-refractivity contribution is 5.22. The second-order valence-corrected chi connectivity index (χ2v) is 5.03. The van der Waals surface area contributed by atoms with E-state index in [-0.39, 0.29) is 0 Å². The number of hydrogen-bond acceptors (Lipinski definition) is 3. The lowest BCUT2D eigenvalue weighted by Gasteiger charge is -2.21. The van der Waals surface area contributed by atoms with Crippen LogP contribution in [0.4, 0.5) is 0 Å². The van der Waals surface area contributed by atoms with Gasteiger partial charge in [-0.1, -0.05) is 0 Å². The molecule has 1 saturated heterocycles. The van der Waals surface area contributed by atoms with Gasteiger partial charge in [-0.05, 0) is 56.7 Å². The largest absolute Gasteiger partial charge is 0.316 e. The average Bonchev–Trinajstić information content (AvgIpc) is 2.77. The lowest BCUT2D eigenvalue weighted by molar-refractivity contribution is 0.370. The lowest BCUT2D eigenvalue weighted by atomic mass is 9.96. The van der Waals surface area contributed by atoms with Crippen LogP contribution in [0, 0.1) is 5.92 Å². The first-order valence-corrected chi connectivity index (χ1v) is 6.46. The van der Waals surface area contributed by atoms with E-state index in [1.54, 1.807) is 0 Å². The molecule has 2 heterocycles. The molecule has 1 atom stereocenters. The van der Waals surface area contributed by atoms with Gasteiger partial charge < -0.3 is 5.32 Å². The molecule has 16 heavy (non-hydrogen) atoms. The maximum absolute atomic E-state index is 4.71. The monoisotopic (exact) mass is 217 g/mol. The summed E-state index contributed by atoms with van der Waals surface area (Å²) in [5, 5.41) is 3.45. The van der Waals surface area contributed by atoms with E-state index in [0.717, 1.165) is 31.1 Å². The molecule has 0 aromatic carbocycles. The summed E-state index contributed by atoms with van der Waals surface area (Å²) in [5.74, 6) is 1.81. The molecule has 1 aromatic heterocycles. The quantitative estimate of drug-likeness (QED) is 0.816. The molecule has 3 rings (SSSR count). The van der Waals surface area contributed by atoms with Gasteiger partial charge >= 0.3 is 0 Å². The van der Waals surface area contributed by atoms with Gasteiger partial charge in [-0.25, -0.2) is 9.97 Å². The topological polar surface area (TPSA) is 37.8 Å². The van der Waals surface area contributed by atoms with Gasteiger partial charge in [0.05, 0.1) is 0 Å². The number of hydrogen-bond donors (Lipinski definition) is 1. The van der Waals surface area contributed by atoms with Gasteiger partial charge in [0.15, 0.2) is 0 Å². The van der Waals surface area contributed by atoms with Crippen LogP contribution < -0.4 is 5.32 Å². The van der Waals surface area contributed by atoms with Crippen LogP contribution in [0.5, 0.6) is 0 Å². The van der Waals surface area contributed by atoms with E-state index in [1.165, 1.54) is 43.5 Å². The first-order chi connectivity index (χ1) is 7.92. The second kappa shape index (κ2) is 4.50. The standard InChI is InChI=1S/C13H19N3/c1-4-11-9-15-13(16-12(11)5-1)7-10-3-2-6-14-8-10/h9-10,14H,1-8H2. The van der Waals surface area contributed by atoms with E-state index in [9.17, 15) is 0 Å². The maximum Gasteiger partial charge on any atom is 0.128 e. The number of rotatable bonds is 2. The second-order valence-electron chi connectivity index (χ2n) is 5.03. The molecule has 86 valence electrons. The van der Waals surface area contributed by atoms with Crippen molar-refractivity contribution in [2.45, 2.75) is 38.5 Å². The minimum Gasteiger partial charge on any atom is -0.316 e. The molecule has 1 fully saturated rings. The summed E-state index contributed by atoms with van der Waals surface area (Å²) in [4.78, 5) is 9.21. The molecule has 3 nitrogen and oxygen atoms in total. The number of nitrogens with one attached hydrogen (secondary N) is 1. The lowest BCUT2D eigenvalue weighted by Crippen LogP contribution is -2.31. The molecule has 1 aromatic rings. The van der Waals surface area contributed by atoms with Crippen LogP contribution in [0.3, 0.4) is 0 Å². The number of aromatic nitrogens is 2. The van der Waals surface area contributed by atoms with Gasteiger partial charge in [0.2, 0.25) is 0 Å². The Kier molecular flexibility index (Phi) is 2.87. The average molecular weight is 217 g/mol. The fourth-order valence-corrected chi connectivity index (χ4v) is 2.81. The number of fused-ring (bicyclic) bond motifs is 1. The molecule has 0 amide bonds. The zero-order chi connectivity index (χ0) is 10.8. The Morgan fingerprint density at radius 2 is 2.31 bits per heavy atom. The number of piperidine rings is 1. The summed E-state index contributed by atoms with van der Waals surface area (Å²) in [7, 11) is 0. The van der Waals surface area contributed by atoms with E-state index in [2.05, 4.69) is 16.5 Å². The van der Waals surface area contributed by atoms with E-state index in [1.807, 2.05) is 0 Å². The third-order valence-corrected chi connectivity index (χ3v) is 3.73. The zero-order valence-corrected chi connectivity index (χ0v) is 9.71. The van der Waals surface area contributed by atoms with Crippen molar-refractivity contribution in [3.8, 4) is 0 Å². The molecule has 1 unspecified atom stereocenters. The smallest absolute Gasteiger partial charge is 0.128 e. The maximum atomic E-state index is 4.71. The van der Waals surface area contributed by atoms with Gasteiger partial charge in [-0.15, -0.1) is 0 Å². The van der Waals surface area contributed by atoms with Crippen molar-refractivity contribution in [2.75, 3.05) is 13.1 Å². The fourth-order valence-electron chi connectivity index (χ4n) is 2.81. The summed E-state index contributed by atoms with van der Waals surface area (Å²) in [6, 6.07) is 0. The molecule has 0 spiro atoms. The van der Waals surface area contributed by atoms with Crippen LogP contribution in [0.1, 0.15) is 36.3 Å². The highest BCUT2D eigenvalue weighted by Gasteiger charge is 2.17. The highest BCUT2D eigenvalue weighted by Crippen LogP contribution is 2.20. The molecular weight excluding hydrogens is 198 g/mol. The van der Waals surface area contributed by atoms with Gasteiger partial charge in [0, 0.05) is 18.3 Å². The van der Waals surface area contributed by atoms with Crippen LogP contribution in [0.2, 0.25) is 0 Å². The molecule has 1 aliphatic heterocycles. The van der Waals surface area contributed by atoms with E-state index < -0.39 is 0 Å². The highest BCUT2D eigenvalue weighted by atomic mass is 14.9. The summed E-state index contributed by atoms with van der Waals surface area (Å²) in [6.07, 6.45) is 9.34. The first kappa shape index (κ1) is 10.2. The predicted octanol–water partition coefficient (Wildman–Crippen LogP) is 1.51. The van der Waals surface area contributed by atoms with Gasteiger partial charge in [0.25, 0.3) is 0 Å². The van der Waals surface area contributed by atoms with Crippen LogP contribution in [-0.2, 0) is 19.3 Å². The molecular formula is C13H19N3. The van der Waals surface area contributed by atoms with E-state index >= 15 is 0 Å². The van der Waals surface area contributed by atoms with Crippen molar-refractivity contribution in [2.24, 2.45) is 5.92 Å². The Morgan fingerprint density at radius 3 is 3.19 bits per heavy atom. The molecule has 0 bridgehead atoms. The third kappa shape index (κ3) is 2.09. The minimum absolute atomic E-state index is 0.744. The van der Waals surface area contributed by atoms with Crippen molar-refractivity contribution < 1.29 is 0 Å². The van der Waals surface area contributed by atoms with Crippen molar-refractivity contribution in [3.05, 3.63) is 23.3 Å². The molecule has 1 N–H and O–H groups in total. The Balaban J connectivity index is 1.69. The molecule has 0 saturated carbocycles. The van der Waals surface area contributed by atoms with E-state index in [0.29, 0.717) is 0 Å². The van der Waals surface area contributed by atoms with Crippen LogP contribution >= 0.6 is 0 Å². The SMILES string of the molecule is c1nc(CC2CCCNC2)nc2c1CCC2. The molecule has 2 aliphatic rings. The molecule has 1 aliphatic carbocycles. The molecule has 0 radical (unpaired) electrons. The van der Waals surface area contributed by atoms with Gasteiger partial charge in [0.1, 0.15) is 5.82 Å². The number of nitrogens with zero attached hydrogens (tertiary/aromatic N) is 2. The van der Waals surface area contributed by atoms with Crippen molar-refractivity contribution >= 4 is 0 Å². The van der Waals surface area contributed by atoms with Crippen molar-refractivity contribution in [1.82, 2.24) is 15.3 Å². The Bertz CT molecular complexity index is 369. The summed E-state index contributed by atoms with van der Waals surface area (Å²) >= 11 is 0. The number of aryl methyl sites for hydroxylation is 2. The van der Waals surface area contributed by atoms with Crippen LogP contribution in [0.25, 0.3) is 0 Å². The van der Waals surface area contributed by atoms with E-state index in [4.69, 9.17) is 4.98 Å². The van der Waals surface area contributed by atoms with Gasteiger partial charge in [-0.2, -0.15) is 0 Å². The van der Waals surface area contributed by atoms with Crippen LogP contribution in [0.15, 0.2) is 6.20 Å². The summed E-state index contributed by atoms with van der Waals surface area (Å²) in [6.45, 7) is 2.32. The zero-order valence-electron chi connectivity index (χ0n) is 9.71. The van der Waals surface area contributed by atoms with Gasteiger partial charge in [-0.3, -0.25) is 0 Å². The van der Waals surface area contributed by atoms with Crippen molar-refractivity contribution in [3.63, 3.8) is 0 Å². The van der Waals surface area contributed by atoms with Crippen molar-refractivity contribution in [1.29, 1.82) is 0 Å². The normalized spacial score (nSPS) is 24.4. The van der Waals surface area contributed by atoms with Crippen LogP contribution in [-0.4, -0.2) is 23.1 Å². The Morgan fingerprint density at radius 1 is 1.31 bits per heavy atom. The minimum atomic E-state index is 0.744. The predicted molar refractivity (Wildman–Crippen MR) is 63.4 cm³/mol. The molecule has 3 heteroatoms. The fraction of sp³-hybridized carbons (Fsp3) is 0.692.